The van der Waals surface area contributed by atoms with Gasteiger partial charge in [-0.25, -0.2) is 8.78 Å². The molecular formula is C16H20F2N4O. The van der Waals surface area contributed by atoms with Crippen LogP contribution in [0.1, 0.15) is 42.1 Å². The number of benzene rings is 1. The highest BCUT2D eigenvalue weighted by Crippen LogP contribution is 2.38. The van der Waals surface area contributed by atoms with Gasteiger partial charge in [0, 0.05) is 31.1 Å². The lowest BCUT2D eigenvalue weighted by atomic mass is 10.1. The van der Waals surface area contributed by atoms with Crippen LogP contribution in [0, 0.1) is 11.6 Å². The van der Waals surface area contributed by atoms with Crippen LogP contribution in [-0.2, 0) is 13.6 Å². The first-order valence-corrected chi connectivity index (χ1v) is 7.65. The van der Waals surface area contributed by atoms with Crippen molar-refractivity contribution >= 4 is 0 Å². The van der Waals surface area contributed by atoms with E-state index >= 15 is 0 Å². The van der Waals surface area contributed by atoms with Gasteiger partial charge in [-0.2, -0.15) is 0 Å². The van der Waals surface area contributed by atoms with E-state index in [1.165, 1.54) is 6.07 Å². The largest absolute Gasteiger partial charge is 0.387 e. The molecule has 0 aliphatic heterocycles. The van der Waals surface area contributed by atoms with E-state index in [9.17, 15) is 13.9 Å². The third-order valence-electron chi connectivity index (χ3n) is 4.16. The summed E-state index contributed by atoms with van der Waals surface area (Å²) in [6, 6.07) is 3.20. The summed E-state index contributed by atoms with van der Waals surface area (Å²) in [4.78, 5) is 1.84. The Kier molecular flexibility index (Phi) is 4.41. The number of halogens is 2. The van der Waals surface area contributed by atoms with Crippen LogP contribution in [0.25, 0.3) is 0 Å². The lowest BCUT2D eigenvalue weighted by molar-refractivity contribution is 0.118. The van der Waals surface area contributed by atoms with Gasteiger partial charge in [0.2, 0.25) is 0 Å². The number of aromatic nitrogens is 3. The Morgan fingerprint density at radius 2 is 2.09 bits per heavy atom. The zero-order valence-corrected chi connectivity index (χ0v) is 13.2. The summed E-state index contributed by atoms with van der Waals surface area (Å²) < 4.78 is 28.6. The molecule has 0 saturated heterocycles. The van der Waals surface area contributed by atoms with Crippen molar-refractivity contribution in [3.63, 3.8) is 0 Å². The van der Waals surface area contributed by atoms with E-state index in [0.717, 1.165) is 36.6 Å². The maximum Gasteiger partial charge on any atom is 0.146 e. The average Bonchev–Trinajstić information content (AvgIpc) is 3.25. The molecule has 0 bridgehead atoms. The van der Waals surface area contributed by atoms with Gasteiger partial charge in [-0.15, -0.1) is 10.2 Å². The molecule has 1 unspecified atom stereocenters. The monoisotopic (exact) mass is 322 g/mol. The van der Waals surface area contributed by atoms with Gasteiger partial charge >= 0.3 is 0 Å². The fourth-order valence-electron chi connectivity index (χ4n) is 2.68. The standard InChI is InChI=1S/C16H20F2N4O/c1-21(8-14(23)12-6-5-11(17)7-13(12)18)9-15-19-20-16(22(15)2)10-3-4-10/h5-7,10,14,23H,3-4,8-9H2,1-2H3. The van der Waals surface area contributed by atoms with E-state index in [1.807, 2.05) is 23.6 Å². The van der Waals surface area contributed by atoms with Gasteiger partial charge in [-0.3, -0.25) is 4.90 Å². The van der Waals surface area contributed by atoms with Crippen LogP contribution in [0.3, 0.4) is 0 Å². The molecule has 5 nitrogen and oxygen atoms in total. The molecule has 1 heterocycles. The normalized spacial score (nSPS) is 16.1. The highest BCUT2D eigenvalue weighted by Gasteiger charge is 2.29. The second kappa shape index (κ2) is 6.33. The van der Waals surface area contributed by atoms with Crippen molar-refractivity contribution in [3.05, 3.63) is 47.0 Å². The van der Waals surface area contributed by atoms with Gasteiger partial charge in [0.25, 0.3) is 0 Å². The van der Waals surface area contributed by atoms with Crippen molar-refractivity contribution < 1.29 is 13.9 Å². The zero-order valence-electron chi connectivity index (χ0n) is 13.2. The van der Waals surface area contributed by atoms with E-state index in [2.05, 4.69) is 10.2 Å². The van der Waals surface area contributed by atoms with E-state index in [-0.39, 0.29) is 12.1 Å². The summed E-state index contributed by atoms with van der Waals surface area (Å²) in [5.41, 5.74) is 0.0925. The second-order valence-corrected chi connectivity index (χ2v) is 6.19. The summed E-state index contributed by atoms with van der Waals surface area (Å²) in [5, 5.41) is 18.6. The molecule has 1 aliphatic carbocycles. The maximum absolute atomic E-state index is 13.7. The third-order valence-corrected chi connectivity index (χ3v) is 4.16. The Morgan fingerprint density at radius 1 is 1.35 bits per heavy atom. The smallest absolute Gasteiger partial charge is 0.146 e. The molecule has 2 aromatic rings. The van der Waals surface area contributed by atoms with Gasteiger partial charge in [-0.1, -0.05) is 6.07 Å². The molecule has 1 aromatic heterocycles. The molecule has 0 amide bonds. The number of nitrogens with zero attached hydrogens (tertiary/aromatic N) is 4. The van der Waals surface area contributed by atoms with Crippen LogP contribution in [0.4, 0.5) is 8.78 Å². The zero-order chi connectivity index (χ0) is 16.6. The van der Waals surface area contributed by atoms with Crippen LogP contribution in [-0.4, -0.2) is 38.4 Å². The van der Waals surface area contributed by atoms with Crippen molar-refractivity contribution in [3.8, 4) is 0 Å². The third kappa shape index (κ3) is 3.56. The highest BCUT2D eigenvalue weighted by atomic mass is 19.1. The van der Waals surface area contributed by atoms with E-state index in [1.54, 1.807) is 0 Å². The molecule has 23 heavy (non-hydrogen) atoms. The molecule has 1 aliphatic rings. The first-order valence-electron chi connectivity index (χ1n) is 7.65. The molecule has 1 fully saturated rings. The molecule has 1 saturated carbocycles. The van der Waals surface area contributed by atoms with Crippen molar-refractivity contribution in [2.75, 3.05) is 13.6 Å². The summed E-state index contributed by atoms with van der Waals surface area (Å²) in [5.74, 6) is 0.934. The molecule has 7 heteroatoms. The Labute approximate surface area is 133 Å². The molecule has 1 aromatic carbocycles. The molecule has 1 atom stereocenters. The lowest BCUT2D eigenvalue weighted by Gasteiger charge is -2.20. The van der Waals surface area contributed by atoms with Crippen molar-refractivity contribution in [1.29, 1.82) is 0 Å². The van der Waals surface area contributed by atoms with Crippen LogP contribution in [0.5, 0.6) is 0 Å². The number of likely N-dealkylation sites (N-methyl/N-ethyl adjacent to an activating group) is 1. The average molecular weight is 322 g/mol. The number of aliphatic hydroxyl groups is 1. The Morgan fingerprint density at radius 3 is 2.74 bits per heavy atom. The van der Waals surface area contributed by atoms with Crippen LogP contribution >= 0.6 is 0 Å². The predicted octanol–water partition coefficient (Wildman–Crippen LogP) is 2.14. The highest BCUT2D eigenvalue weighted by molar-refractivity contribution is 5.21. The van der Waals surface area contributed by atoms with Crippen LogP contribution in [0.15, 0.2) is 18.2 Å². The van der Waals surface area contributed by atoms with Crippen LogP contribution < -0.4 is 0 Å². The number of aliphatic hydroxyl groups excluding tert-OH is 1. The predicted molar refractivity (Wildman–Crippen MR) is 80.6 cm³/mol. The Bertz CT molecular complexity index is 699. The topological polar surface area (TPSA) is 54.2 Å². The van der Waals surface area contributed by atoms with Crippen LogP contribution in [0.2, 0.25) is 0 Å². The molecular weight excluding hydrogens is 302 g/mol. The van der Waals surface area contributed by atoms with E-state index < -0.39 is 17.7 Å². The van der Waals surface area contributed by atoms with Gasteiger partial charge in [-0.05, 0) is 26.0 Å². The Balaban J connectivity index is 1.63. The van der Waals surface area contributed by atoms with Gasteiger partial charge in [0.1, 0.15) is 23.3 Å². The van der Waals surface area contributed by atoms with Gasteiger partial charge in [0.05, 0.1) is 12.6 Å². The number of hydrogen-bond acceptors (Lipinski definition) is 4. The van der Waals surface area contributed by atoms with Crippen molar-refractivity contribution in [2.24, 2.45) is 7.05 Å². The Hall–Kier alpha value is -1.86. The van der Waals surface area contributed by atoms with E-state index in [4.69, 9.17) is 0 Å². The summed E-state index contributed by atoms with van der Waals surface area (Å²) in [7, 11) is 3.75. The SMILES string of the molecule is CN(Cc1nnc(C2CC2)n1C)CC(O)c1ccc(F)cc1F. The summed E-state index contributed by atoms with van der Waals surface area (Å²) >= 11 is 0. The quantitative estimate of drug-likeness (QED) is 0.885. The second-order valence-electron chi connectivity index (χ2n) is 6.19. The summed E-state index contributed by atoms with van der Waals surface area (Å²) in [6.07, 6.45) is 1.28. The minimum Gasteiger partial charge on any atom is -0.387 e. The van der Waals surface area contributed by atoms with Gasteiger partial charge < -0.3 is 9.67 Å². The summed E-state index contributed by atoms with van der Waals surface area (Å²) in [6.45, 7) is 0.713. The minimum atomic E-state index is -1.03. The fourth-order valence-corrected chi connectivity index (χ4v) is 2.68. The molecule has 3 rings (SSSR count). The van der Waals surface area contributed by atoms with Crippen molar-refractivity contribution in [2.45, 2.75) is 31.4 Å². The first kappa shape index (κ1) is 16.0. The molecule has 0 radical (unpaired) electrons. The number of hydrogen-bond donors (Lipinski definition) is 1. The molecule has 124 valence electrons. The minimum absolute atomic E-state index is 0.0925. The lowest BCUT2D eigenvalue weighted by Crippen LogP contribution is -2.26. The molecule has 1 N–H and O–H groups in total. The van der Waals surface area contributed by atoms with Crippen molar-refractivity contribution in [1.82, 2.24) is 19.7 Å². The van der Waals surface area contributed by atoms with E-state index in [0.29, 0.717) is 12.5 Å². The first-order chi connectivity index (χ1) is 11.0. The fraction of sp³-hybridized carbons (Fsp3) is 0.500. The molecule has 0 spiro atoms. The maximum atomic E-state index is 13.7. The number of rotatable bonds is 6. The van der Waals surface area contributed by atoms with Gasteiger partial charge in [0.15, 0.2) is 0 Å².